The van der Waals surface area contributed by atoms with Gasteiger partial charge in [0.2, 0.25) is 0 Å². The Morgan fingerprint density at radius 1 is 1.14 bits per heavy atom. The van der Waals surface area contributed by atoms with Gasteiger partial charge < -0.3 is 10.5 Å². The first-order chi connectivity index (χ1) is 10.1. The Labute approximate surface area is 118 Å². The molecule has 104 valence electrons. The van der Waals surface area contributed by atoms with Gasteiger partial charge in [-0.15, -0.1) is 0 Å². The number of nitro benzene ring substituents is 1. The molecule has 0 spiro atoms. The van der Waals surface area contributed by atoms with E-state index in [1.165, 1.54) is 12.1 Å². The molecule has 0 aliphatic carbocycles. The number of hydrogen-bond donors (Lipinski definition) is 1. The summed E-state index contributed by atoms with van der Waals surface area (Å²) in [6.07, 6.45) is 0. The van der Waals surface area contributed by atoms with E-state index in [1.807, 2.05) is 18.2 Å². The molecule has 0 atom stereocenters. The SMILES string of the molecule is O=[N+]([O-])c1ccc2nc(Nc3ccccc3)n[n+]([O-])c2c1. The van der Waals surface area contributed by atoms with Crippen LogP contribution in [-0.2, 0) is 0 Å². The fourth-order valence-corrected chi connectivity index (χ4v) is 1.85. The number of benzene rings is 2. The van der Waals surface area contributed by atoms with Gasteiger partial charge in [-0.3, -0.25) is 10.1 Å². The lowest BCUT2D eigenvalue weighted by Gasteiger charge is -2.04. The molecule has 0 saturated heterocycles. The van der Waals surface area contributed by atoms with Crippen molar-refractivity contribution in [2.45, 2.75) is 0 Å². The van der Waals surface area contributed by atoms with Gasteiger partial charge in [-0.05, 0) is 23.0 Å². The number of fused-ring (bicyclic) bond motifs is 1. The molecule has 1 heterocycles. The van der Waals surface area contributed by atoms with E-state index >= 15 is 0 Å². The molecule has 0 aliphatic heterocycles. The number of aromatic nitrogens is 3. The summed E-state index contributed by atoms with van der Waals surface area (Å²) in [5, 5.41) is 29.2. The van der Waals surface area contributed by atoms with Crippen molar-refractivity contribution in [2.75, 3.05) is 5.32 Å². The fraction of sp³-hybridized carbons (Fsp3) is 0. The minimum atomic E-state index is -0.574. The zero-order valence-electron chi connectivity index (χ0n) is 10.6. The maximum Gasteiger partial charge on any atom is 0.295 e. The minimum absolute atomic E-state index is 0.0443. The summed E-state index contributed by atoms with van der Waals surface area (Å²) in [5.41, 5.74) is 0.921. The van der Waals surface area contributed by atoms with Crippen LogP contribution in [0.3, 0.4) is 0 Å². The fourth-order valence-electron chi connectivity index (χ4n) is 1.85. The molecule has 3 aromatic rings. The quantitative estimate of drug-likeness (QED) is 0.340. The van der Waals surface area contributed by atoms with Gasteiger partial charge in [0.15, 0.2) is 0 Å². The van der Waals surface area contributed by atoms with Gasteiger partial charge in [0.25, 0.3) is 17.2 Å². The molecular weight excluding hydrogens is 274 g/mol. The van der Waals surface area contributed by atoms with Crippen LogP contribution in [0.1, 0.15) is 0 Å². The average Bonchev–Trinajstić information content (AvgIpc) is 2.48. The Bertz CT molecular complexity index is 823. The van der Waals surface area contributed by atoms with E-state index in [1.54, 1.807) is 12.1 Å². The van der Waals surface area contributed by atoms with Gasteiger partial charge in [0.05, 0.1) is 16.1 Å². The maximum absolute atomic E-state index is 11.9. The van der Waals surface area contributed by atoms with E-state index in [0.29, 0.717) is 10.4 Å². The first kappa shape index (κ1) is 12.7. The molecule has 0 bridgehead atoms. The van der Waals surface area contributed by atoms with Crippen LogP contribution in [0, 0.1) is 15.3 Å². The Balaban J connectivity index is 2.03. The first-order valence-corrected chi connectivity index (χ1v) is 6.01. The van der Waals surface area contributed by atoms with E-state index in [9.17, 15) is 15.3 Å². The van der Waals surface area contributed by atoms with Gasteiger partial charge in [0, 0.05) is 11.8 Å². The minimum Gasteiger partial charge on any atom is -0.594 e. The van der Waals surface area contributed by atoms with Crippen molar-refractivity contribution in [1.82, 2.24) is 10.1 Å². The zero-order valence-corrected chi connectivity index (χ0v) is 10.6. The van der Waals surface area contributed by atoms with Crippen LogP contribution in [0.2, 0.25) is 0 Å². The van der Waals surface area contributed by atoms with Crippen LogP contribution in [0.25, 0.3) is 11.0 Å². The number of rotatable bonds is 3. The molecule has 8 nitrogen and oxygen atoms in total. The maximum atomic E-state index is 11.9. The summed E-state index contributed by atoms with van der Waals surface area (Å²) < 4.78 is 0. The lowest BCUT2D eigenvalue weighted by Crippen LogP contribution is -2.33. The molecule has 3 rings (SSSR count). The second kappa shape index (κ2) is 5.00. The standard InChI is InChI=1S/C13H9N5O3/c19-17-12-8-10(18(20)21)6-7-11(12)15-13(16-17)14-9-4-2-1-3-5-9/h1-8H,(H,14,15,16). The van der Waals surface area contributed by atoms with Gasteiger partial charge in [0.1, 0.15) is 5.52 Å². The number of nitro groups is 1. The molecule has 0 fully saturated rings. The van der Waals surface area contributed by atoms with E-state index in [-0.39, 0.29) is 17.2 Å². The van der Waals surface area contributed by atoms with Crippen molar-refractivity contribution >= 4 is 28.4 Å². The first-order valence-electron chi connectivity index (χ1n) is 6.01. The molecular formula is C13H9N5O3. The molecule has 0 aliphatic rings. The summed E-state index contributed by atoms with van der Waals surface area (Å²) in [4.78, 5) is 14.6. The van der Waals surface area contributed by atoms with Crippen molar-refractivity contribution in [3.8, 4) is 0 Å². The Morgan fingerprint density at radius 2 is 1.90 bits per heavy atom. The molecule has 0 radical (unpaired) electrons. The third-order valence-corrected chi connectivity index (χ3v) is 2.82. The molecule has 0 amide bonds. The Kier molecular flexibility index (Phi) is 3.03. The molecule has 21 heavy (non-hydrogen) atoms. The number of nitrogens with zero attached hydrogens (tertiary/aromatic N) is 4. The number of para-hydroxylation sites is 1. The monoisotopic (exact) mass is 283 g/mol. The largest absolute Gasteiger partial charge is 0.594 e. The van der Waals surface area contributed by atoms with Crippen LogP contribution in [0.5, 0.6) is 0 Å². The highest BCUT2D eigenvalue weighted by Gasteiger charge is 2.16. The van der Waals surface area contributed by atoms with Crippen molar-refractivity contribution in [1.29, 1.82) is 0 Å². The summed E-state index contributed by atoms with van der Waals surface area (Å²) in [6.45, 7) is 0. The van der Waals surface area contributed by atoms with Crippen molar-refractivity contribution in [3.05, 3.63) is 63.9 Å². The summed E-state index contributed by atoms with van der Waals surface area (Å²) in [7, 11) is 0. The molecule has 0 unspecified atom stereocenters. The predicted octanol–water partition coefficient (Wildman–Crippen LogP) is 1.91. The zero-order chi connectivity index (χ0) is 14.8. The Morgan fingerprint density at radius 3 is 2.62 bits per heavy atom. The van der Waals surface area contributed by atoms with Crippen LogP contribution < -0.4 is 10.2 Å². The van der Waals surface area contributed by atoms with E-state index in [4.69, 9.17) is 0 Å². The van der Waals surface area contributed by atoms with E-state index in [2.05, 4.69) is 15.4 Å². The van der Waals surface area contributed by atoms with Gasteiger partial charge >= 0.3 is 0 Å². The van der Waals surface area contributed by atoms with Gasteiger partial charge in [-0.1, -0.05) is 18.2 Å². The molecule has 1 N–H and O–H groups in total. The topological polar surface area (TPSA) is 108 Å². The average molecular weight is 283 g/mol. The lowest BCUT2D eigenvalue weighted by atomic mass is 10.3. The van der Waals surface area contributed by atoms with Crippen LogP contribution >= 0.6 is 0 Å². The number of non-ortho nitro benzene ring substituents is 1. The third-order valence-electron chi connectivity index (χ3n) is 2.82. The summed E-state index contributed by atoms with van der Waals surface area (Å²) in [6, 6.07) is 13.0. The molecule has 2 aromatic carbocycles. The summed E-state index contributed by atoms with van der Waals surface area (Å²) in [5.74, 6) is 0.123. The number of anilines is 2. The van der Waals surface area contributed by atoms with Crippen LogP contribution in [0.15, 0.2) is 48.5 Å². The highest BCUT2D eigenvalue weighted by atomic mass is 16.6. The highest BCUT2D eigenvalue weighted by molar-refractivity contribution is 5.75. The predicted molar refractivity (Wildman–Crippen MR) is 74.9 cm³/mol. The third kappa shape index (κ3) is 2.54. The van der Waals surface area contributed by atoms with Crippen molar-refractivity contribution in [3.63, 3.8) is 0 Å². The molecule has 1 aromatic heterocycles. The number of nitrogens with one attached hydrogen (secondary N) is 1. The number of hydrogen-bond acceptors (Lipinski definition) is 6. The van der Waals surface area contributed by atoms with Crippen molar-refractivity contribution < 1.29 is 9.77 Å². The van der Waals surface area contributed by atoms with Gasteiger partial charge in [-0.2, -0.15) is 0 Å². The van der Waals surface area contributed by atoms with Crippen LogP contribution in [0.4, 0.5) is 17.3 Å². The van der Waals surface area contributed by atoms with Crippen LogP contribution in [-0.4, -0.2) is 15.0 Å². The smallest absolute Gasteiger partial charge is 0.295 e. The van der Waals surface area contributed by atoms with Crippen molar-refractivity contribution in [2.24, 2.45) is 0 Å². The van der Waals surface area contributed by atoms with Gasteiger partial charge in [-0.25, -0.2) is 4.98 Å². The second-order valence-corrected chi connectivity index (χ2v) is 4.23. The van der Waals surface area contributed by atoms with E-state index < -0.39 is 4.92 Å². The highest BCUT2D eigenvalue weighted by Crippen LogP contribution is 2.18. The summed E-state index contributed by atoms with van der Waals surface area (Å²) >= 11 is 0. The second-order valence-electron chi connectivity index (χ2n) is 4.23. The van der Waals surface area contributed by atoms with E-state index in [0.717, 1.165) is 11.8 Å². The Hall–Kier alpha value is -3.29. The lowest BCUT2D eigenvalue weighted by molar-refractivity contribution is -0.641. The molecule has 0 saturated carbocycles. The normalized spacial score (nSPS) is 10.5. The molecule has 8 heteroatoms.